The van der Waals surface area contributed by atoms with E-state index >= 15 is 0 Å². The Bertz CT molecular complexity index is 1030. The molecular formula is C25H30N2O4. The van der Waals surface area contributed by atoms with Crippen LogP contribution in [0.2, 0.25) is 0 Å². The zero-order valence-corrected chi connectivity index (χ0v) is 17.7. The van der Waals surface area contributed by atoms with E-state index in [0.29, 0.717) is 18.8 Å². The number of aliphatic hydroxyl groups excluding tert-OH is 2. The van der Waals surface area contributed by atoms with E-state index in [0.717, 1.165) is 49.0 Å². The van der Waals surface area contributed by atoms with Gasteiger partial charge in [0.25, 0.3) is 0 Å². The number of H-pyrrole nitrogens is 1. The van der Waals surface area contributed by atoms with E-state index in [1.54, 1.807) is 6.07 Å². The molecule has 5 N–H and O–H groups in total. The van der Waals surface area contributed by atoms with Crippen molar-refractivity contribution in [2.24, 2.45) is 5.90 Å². The second kappa shape index (κ2) is 12.0. The van der Waals surface area contributed by atoms with Crippen molar-refractivity contribution >= 4 is 10.9 Å². The van der Waals surface area contributed by atoms with E-state index < -0.39 is 0 Å². The van der Waals surface area contributed by atoms with Crippen LogP contribution >= 0.6 is 0 Å². The first-order valence-electron chi connectivity index (χ1n) is 10.7. The summed E-state index contributed by atoms with van der Waals surface area (Å²) in [5, 5.41) is 18.7. The van der Waals surface area contributed by atoms with Crippen molar-refractivity contribution in [3.63, 3.8) is 0 Å². The lowest BCUT2D eigenvalue weighted by Crippen LogP contribution is -2.06. The molecule has 0 spiro atoms. The fraction of sp³-hybridized carbons (Fsp3) is 0.360. The van der Waals surface area contributed by atoms with E-state index in [1.807, 2.05) is 24.4 Å². The average Bonchev–Trinajstić information content (AvgIpc) is 3.06. The Morgan fingerprint density at radius 2 is 2.00 bits per heavy atom. The minimum atomic E-state index is 0.0707. The highest BCUT2D eigenvalue weighted by atomic mass is 16.6. The number of aromatic nitrogens is 1. The molecule has 6 nitrogen and oxygen atoms in total. The predicted molar refractivity (Wildman–Crippen MR) is 122 cm³/mol. The van der Waals surface area contributed by atoms with Crippen LogP contribution in [0.15, 0.2) is 42.6 Å². The Balaban J connectivity index is 0.000000185. The molecule has 6 heteroatoms. The molecule has 0 saturated carbocycles. The van der Waals surface area contributed by atoms with Crippen LogP contribution in [0.5, 0.6) is 11.5 Å². The van der Waals surface area contributed by atoms with Crippen molar-refractivity contribution in [3.8, 4) is 23.3 Å². The number of ether oxygens (including phenoxy) is 1. The van der Waals surface area contributed by atoms with Gasteiger partial charge in [-0.2, -0.15) is 5.90 Å². The molecule has 0 radical (unpaired) electrons. The summed E-state index contributed by atoms with van der Waals surface area (Å²) in [5.74, 6) is 12.4. The van der Waals surface area contributed by atoms with Crippen molar-refractivity contribution in [2.45, 2.75) is 38.5 Å². The molecule has 0 unspecified atom stereocenters. The molecule has 0 atom stereocenters. The van der Waals surface area contributed by atoms with E-state index in [2.05, 4.69) is 29.0 Å². The van der Waals surface area contributed by atoms with Crippen LogP contribution in [0, 0.1) is 11.8 Å². The smallest absolute Gasteiger partial charge is 0.190 e. The summed E-state index contributed by atoms with van der Waals surface area (Å²) in [4.78, 5) is 8.09. The predicted octanol–water partition coefficient (Wildman–Crippen LogP) is 3.48. The normalized spacial score (nSPS) is 12.5. The third kappa shape index (κ3) is 6.25. The van der Waals surface area contributed by atoms with E-state index in [9.17, 15) is 0 Å². The van der Waals surface area contributed by atoms with Gasteiger partial charge in [0.1, 0.15) is 0 Å². The molecule has 31 heavy (non-hydrogen) atoms. The first kappa shape index (κ1) is 22.7. The number of nitrogens with two attached hydrogens (primary N) is 1. The van der Waals surface area contributed by atoms with Gasteiger partial charge in [0.05, 0.1) is 13.2 Å². The number of rotatable bonds is 5. The zero-order chi connectivity index (χ0) is 21.9. The summed E-state index contributed by atoms with van der Waals surface area (Å²) in [5.41, 5.74) is 4.40. The molecule has 0 aliphatic carbocycles. The number of fused-ring (bicyclic) bond motifs is 2. The van der Waals surface area contributed by atoms with Crippen LogP contribution in [0.25, 0.3) is 10.9 Å². The van der Waals surface area contributed by atoms with Gasteiger partial charge in [0, 0.05) is 41.8 Å². The lowest BCUT2D eigenvalue weighted by Gasteiger charge is -2.11. The molecule has 0 saturated heterocycles. The van der Waals surface area contributed by atoms with Gasteiger partial charge in [-0.25, -0.2) is 0 Å². The van der Waals surface area contributed by atoms with Crippen molar-refractivity contribution in [1.82, 2.24) is 4.98 Å². The van der Waals surface area contributed by atoms with E-state index in [-0.39, 0.29) is 13.2 Å². The summed E-state index contributed by atoms with van der Waals surface area (Å²) in [6.07, 6.45) is 7.34. The number of hydrogen-bond donors (Lipinski definition) is 4. The lowest BCUT2D eigenvalue weighted by atomic mass is 10.0. The number of aliphatic hydroxyl groups is 2. The number of para-hydroxylation sites is 1. The van der Waals surface area contributed by atoms with Crippen molar-refractivity contribution in [1.29, 1.82) is 0 Å². The maximum Gasteiger partial charge on any atom is 0.190 e. The van der Waals surface area contributed by atoms with E-state index in [4.69, 9.17) is 25.7 Å². The third-order valence-electron chi connectivity index (χ3n) is 5.09. The van der Waals surface area contributed by atoms with Gasteiger partial charge in [0.15, 0.2) is 11.5 Å². The molecule has 0 amide bonds. The zero-order valence-electron chi connectivity index (χ0n) is 17.7. The summed E-state index contributed by atoms with van der Waals surface area (Å²) < 4.78 is 5.66. The Labute approximate surface area is 183 Å². The highest BCUT2D eigenvalue weighted by Gasteiger charge is 2.15. The van der Waals surface area contributed by atoms with Crippen LogP contribution in [0.1, 0.15) is 42.4 Å². The molecule has 0 bridgehead atoms. The molecule has 0 fully saturated rings. The fourth-order valence-corrected chi connectivity index (χ4v) is 3.59. The minimum absolute atomic E-state index is 0.0707. The number of benzene rings is 2. The molecular weight excluding hydrogens is 392 g/mol. The van der Waals surface area contributed by atoms with Gasteiger partial charge in [-0.05, 0) is 55.4 Å². The molecule has 1 aliphatic rings. The van der Waals surface area contributed by atoms with E-state index in [1.165, 1.54) is 16.5 Å². The highest BCUT2D eigenvalue weighted by Crippen LogP contribution is 2.35. The van der Waals surface area contributed by atoms with Gasteiger partial charge >= 0.3 is 0 Å². The molecule has 2 heterocycles. The number of aryl methyl sites for hydroxylation is 2. The molecule has 164 valence electrons. The van der Waals surface area contributed by atoms with Gasteiger partial charge in [0.2, 0.25) is 0 Å². The largest absolute Gasteiger partial charge is 0.489 e. The molecule has 3 aromatic rings. The number of nitrogens with one attached hydrogen (secondary N) is 1. The quantitative estimate of drug-likeness (QED) is 0.373. The monoisotopic (exact) mass is 422 g/mol. The summed E-state index contributed by atoms with van der Waals surface area (Å²) in [6.45, 7) is 1.03. The number of aromatic amines is 1. The van der Waals surface area contributed by atoms with Crippen LogP contribution in [0.4, 0.5) is 0 Å². The van der Waals surface area contributed by atoms with Crippen molar-refractivity contribution in [2.75, 3.05) is 19.8 Å². The second-order valence-corrected chi connectivity index (χ2v) is 7.35. The van der Waals surface area contributed by atoms with Gasteiger partial charge < -0.3 is 24.8 Å². The van der Waals surface area contributed by atoms with Gasteiger partial charge in [-0.15, -0.1) is 0 Å². The molecule has 4 rings (SSSR count). The molecule has 1 aromatic heterocycles. The van der Waals surface area contributed by atoms with Crippen LogP contribution in [-0.4, -0.2) is 35.0 Å². The standard InChI is InChI=1S/C14H17NO3.C11H13NO/c15-18-13-10-11(5-1-3-7-16)9-12-6-2-4-8-17-14(12)13;13-7-3-4-9-8-12-11-6-2-1-5-10(9)11/h9-10,16H,2-4,6-8,15H2;1-2,5-6,8,12-13H,3-4,7H2. The maximum absolute atomic E-state index is 8.73. The fourth-order valence-electron chi connectivity index (χ4n) is 3.59. The Morgan fingerprint density at radius 1 is 1.13 bits per heavy atom. The molecule has 2 aromatic carbocycles. The van der Waals surface area contributed by atoms with Crippen LogP contribution < -0.4 is 15.5 Å². The minimum Gasteiger partial charge on any atom is -0.489 e. The highest BCUT2D eigenvalue weighted by molar-refractivity contribution is 5.82. The average molecular weight is 423 g/mol. The Kier molecular flexibility index (Phi) is 8.80. The molecule has 1 aliphatic heterocycles. The summed E-state index contributed by atoms with van der Waals surface area (Å²) in [6, 6.07) is 12.0. The topological polar surface area (TPSA) is 101 Å². The van der Waals surface area contributed by atoms with Crippen molar-refractivity contribution < 1.29 is 19.8 Å². The first-order chi connectivity index (χ1) is 15.3. The van der Waals surface area contributed by atoms with Gasteiger partial charge in [-0.1, -0.05) is 30.0 Å². The van der Waals surface area contributed by atoms with Crippen molar-refractivity contribution in [3.05, 3.63) is 59.3 Å². The third-order valence-corrected chi connectivity index (χ3v) is 5.09. The number of hydrogen-bond acceptors (Lipinski definition) is 5. The SMILES string of the molecule is NOc1cc(C#CCCO)cc2c1OCCCC2.OCCCc1c[nH]c2ccccc12. The summed E-state index contributed by atoms with van der Waals surface area (Å²) >= 11 is 0. The van der Waals surface area contributed by atoms with Crippen LogP contribution in [0.3, 0.4) is 0 Å². The van der Waals surface area contributed by atoms with Gasteiger partial charge in [-0.3, -0.25) is 0 Å². The maximum atomic E-state index is 8.73. The first-order valence-corrected chi connectivity index (χ1v) is 10.7. The second-order valence-electron chi connectivity index (χ2n) is 7.35. The Morgan fingerprint density at radius 3 is 2.81 bits per heavy atom. The Hall–Kier alpha value is -2.98. The van der Waals surface area contributed by atoms with Crippen LogP contribution in [-0.2, 0) is 12.8 Å². The lowest BCUT2D eigenvalue weighted by molar-refractivity contribution is 0.274. The summed E-state index contributed by atoms with van der Waals surface area (Å²) in [7, 11) is 0.